The van der Waals surface area contributed by atoms with Crippen LogP contribution < -0.4 is 4.74 Å². The standard InChI is InChI=1S/C18H16Cl2O2/c1-11(22-15-7-8-16(19)17(20)10-15)18(21)14-6-5-12-3-2-4-13(12)9-14/h5-11H,2-4H2,1H3/t11-/m1/s1. The van der Waals surface area contributed by atoms with Gasteiger partial charge in [0.05, 0.1) is 10.0 Å². The van der Waals surface area contributed by atoms with E-state index in [1.54, 1.807) is 25.1 Å². The lowest BCUT2D eigenvalue weighted by Crippen LogP contribution is -2.24. The van der Waals surface area contributed by atoms with Gasteiger partial charge in [-0.3, -0.25) is 4.79 Å². The van der Waals surface area contributed by atoms with Crippen molar-refractivity contribution in [2.45, 2.75) is 32.3 Å². The molecule has 0 saturated heterocycles. The Hall–Kier alpha value is -1.51. The molecule has 2 aromatic rings. The minimum Gasteiger partial charge on any atom is -0.483 e. The molecule has 1 aliphatic rings. The summed E-state index contributed by atoms with van der Waals surface area (Å²) in [5.74, 6) is 0.511. The van der Waals surface area contributed by atoms with E-state index in [2.05, 4.69) is 6.07 Å². The number of benzene rings is 2. The van der Waals surface area contributed by atoms with Gasteiger partial charge in [0, 0.05) is 11.6 Å². The van der Waals surface area contributed by atoms with E-state index in [0.29, 0.717) is 21.4 Å². The quantitative estimate of drug-likeness (QED) is 0.724. The lowest BCUT2D eigenvalue weighted by Gasteiger charge is -2.15. The molecule has 0 radical (unpaired) electrons. The highest BCUT2D eigenvalue weighted by molar-refractivity contribution is 6.42. The van der Waals surface area contributed by atoms with Gasteiger partial charge in [-0.05, 0) is 55.5 Å². The van der Waals surface area contributed by atoms with Gasteiger partial charge in [0.2, 0.25) is 5.78 Å². The fourth-order valence-corrected chi connectivity index (χ4v) is 3.06. The smallest absolute Gasteiger partial charge is 0.203 e. The van der Waals surface area contributed by atoms with Crippen LogP contribution in [0.25, 0.3) is 0 Å². The van der Waals surface area contributed by atoms with Crippen LogP contribution in [0, 0.1) is 0 Å². The van der Waals surface area contributed by atoms with Gasteiger partial charge in [-0.25, -0.2) is 0 Å². The van der Waals surface area contributed by atoms with Crippen molar-refractivity contribution in [1.82, 2.24) is 0 Å². The normalized spacial score (nSPS) is 14.5. The van der Waals surface area contributed by atoms with Gasteiger partial charge in [0.25, 0.3) is 0 Å². The van der Waals surface area contributed by atoms with E-state index < -0.39 is 6.10 Å². The van der Waals surface area contributed by atoms with E-state index in [1.165, 1.54) is 17.5 Å². The van der Waals surface area contributed by atoms with Gasteiger partial charge in [-0.1, -0.05) is 35.3 Å². The highest BCUT2D eigenvalue weighted by Crippen LogP contribution is 2.28. The maximum Gasteiger partial charge on any atom is 0.203 e. The predicted molar refractivity (Wildman–Crippen MR) is 89.3 cm³/mol. The van der Waals surface area contributed by atoms with Gasteiger partial charge in [0.15, 0.2) is 6.10 Å². The first-order valence-corrected chi connectivity index (χ1v) is 8.08. The molecule has 0 heterocycles. The Kier molecular flexibility index (Phi) is 4.42. The molecule has 0 spiro atoms. The van der Waals surface area contributed by atoms with Crippen molar-refractivity contribution in [1.29, 1.82) is 0 Å². The van der Waals surface area contributed by atoms with Crippen molar-refractivity contribution in [2.24, 2.45) is 0 Å². The maximum absolute atomic E-state index is 12.5. The van der Waals surface area contributed by atoms with E-state index in [9.17, 15) is 4.79 Å². The highest BCUT2D eigenvalue weighted by Gasteiger charge is 2.20. The molecule has 0 unspecified atom stereocenters. The molecule has 1 aliphatic carbocycles. The van der Waals surface area contributed by atoms with Crippen LogP contribution in [0.3, 0.4) is 0 Å². The molecule has 4 heteroatoms. The number of ketones is 1. The Morgan fingerprint density at radius 2 is 1.82 bits per heavy atom. The van der Waals surface area contributed by atoms with Crippen LogP contribution >= 0.6 is 23.2 Å². The number of hydrogen-bond acceptors (Lipinski definition) is 2. The first kappa shape index (κ1) is 15.4. The molecule has 0 aliphatic heterocycles. The van der Waals surface area contributed by atoms with Crippen molar-refractivity contribution in [2.75, 3.05) is 0 Å². The second kappa shape index (κ2) is 6.31. The number of aryl methyl sites for hydroxylation is 2. The molecule has 0 bridgehead atoms. The molecule has 2 aromatic carbocycles. The summed E-state index contributed by atoms with van der Waals surface area (Å²) < 4.78 is 5.69. The van der Waals surface area contributed by atoms with Crippen molar-refractivity contribution in [3.05, 3.63) is 63.1 Å². The summed E-state index contributed by atoms with van der Waals surface area (Å²) in [5.41, 5.74) is 3.34. The lowest BCUT2D eigenvalue weighted by molar-refractivity contribution is 0.0818. The molecule has 1 atom stereocenters. The van der Waals surface area contributed by atoms with Crippen LogP contribution in [-0.2, 0) is 12.8 Å². The van der Waals surface area contributed by atoms with Crippen LogP contribution in [0.4, 0.5) is 0 Å². The number of carbonyl (C=O) groups excluding carboxylic acids is 1. The average molecular weight is 335 g/mol. The number of ether oxygens (including phenoxy) is 1. The van der Waals surface area contributed by atoms with Crippen molar-refractivity contribution in [3.8, 4) is 5.75 Å². The minimum absolute atomic E-state index is 0.0271. The molecular formula is C18H16Cl2O2. The Labute approximate surface area is 140 Å². The molecule has 0 fully saturated rings. The first-order chi connectivity index (χ1) is 10.5. The maximum atomic E-state index is 12.5. The molecule has 0 N–H and O–H groups in total. The summed E-state index contributed by atoms with van der Waals surface area (Å²) in [6, 6.07) is 10.9. The number of Topliss-reactive ketones (excluding diaryl/α,β-unsaturated/α-hetero) is 1. The van der Waals surface area contributed by atoms with E-state index >= 15 is 0 Å². The second-order valence-electron chi connectivity index (χ2n) is 5.54. The van der Waals surface area contributed by atoms with Gasteiger partial charge in [-0.2, -0.15) is 0 Å². The first-order valence-electron chi connectivity index (χ1n) is 7.32. The van der Waals surface area contributed by atoms with Crippen LogP contribution in [0.1, 0.15) is 34.8 Å². The largest absolute Gasteiger partial charge is 0.483 e. The van der Waals surface area contributed by atoms with Gasteiger partial charge in [-0.15, -0.1) is 0 Å². The number of fused-ring (bicyclic) bond motifs is 1. The number of halogens is 2. The summed E-state index contributed by atoms with van der Waals surface area (Å²) in [4.78, 5) is 12.5. The van der Waals surface area contributed by atoms with Crippen molar-refractivity contribution >= 4 is 29.0 Å². The molecule has 2 nitrogen and oxygen atoms in total. The third-order valence-electron chi connectivity index (χ3n) is 3.96. The van der Waals surface area contributed by atoms with E-state index in [0.717, 1.165) is 12.8 Å². The number of carbonyl (C=O) groups is 1. The predicted octanol–water partition coefficient (Wildman–Crippen LogP) is 5.13. The fourth-order valence-electron chi connectivity index (χ4n) is 2.77. The highest BCUT2D eigenvalue weighted by atomic mass is 35.5. The van der Waals surface area contributed by atoms with Crippen LogP contribution in [0.5, 0.6) is 5.75 Å². The van der Waals surface area contributed by atoms with E-state index in [-0.39, 0.29) is 5.78 Å². The Balaban J connectivity index is 1.75. The van der Waals surface area contributed by atoms with Crippen molar-refractivity contribution in [3.63, 3.8) is 0 Å². The second-order valence-corrected chi connectivity index (χ2v) is 6.35. The summed E-state index contributed by atoms with van der Waals surface area (Å²) in [7, 11) is 0. The average Bonchev–Trinajstić information content (AvgIpc) is 2.97. The zero-order chi connectivity index (χ0) is 15.7. The number of rotatable bonds is 4. The third kappa shape index (κ3) is 3.13. The van der Waals surface area contributed by atoms with Crippen molar-refractivity contribution < 1.29 is 9.53 Å². The zero-order valence-corrected chi connectivity index (χ0v) is 13.7. The Morgan fingerprint density at radius 3 is 2.59 bits per heavy atom. The molecule has 0 saturated carbocycles. The van der Waals surface area contributed by atoms with Gasteiger partial charge in [0.1, 0.15) is 5.75 Å². The summed E-state index contributed by atoms with van der Waals surface area (Å²) >= 11 is 11.8. The van der Waals surface area contributed by atoms with E-state index in [4.69, 9.17) is 27.9 Å². The van der Waals surface area contributed by atoms with Crippen LogP contribution in [-0.4, -0.2) is 11.9 Å². The SMILES string of the molecule is C[C@@H](Oc1ccc(Cl)c(Cl)c1)C(=O)c1ccc2c(c1)CCC2. The molecule has 22 heavy (non-hydrogen) atoms. The monoisotopic (exact) mass is 334 g/mol. The Morgan fingerprint density at radius 1 is 1.05 bits per heavy atom. The molecule has 3 rings (SSSR count). The van der Waals surface area contributed by atoms with Gasteiger partial charge >= 0.3 is 0 Å². The fraction of sp³-hybridized carbons (Fsp3) is 0.278. The topological polar surface area (TPSA) is 26.3 Å². The summed E-state index contributed by atoms with van der Waals surface area (Å²) in [6.07, 6.45) is 2.76. The summed E-state index contributed by atoms with van der Waals surface area (Å²) in [6.45, 7) is 1.75. The van der Waals surface area contributed by atoms with Gasteiger partial charge < -0.3 is 4.74 Å². The minimum atomic E-state index is -0.573. The zero-order valence-electron chi connectivity index (χ0n) is 12.2. The number of hydrogen-bond donors (Lipinski definition) is 0. The Bertz CT molecular complexity index is 725. The summed E-state index contributed by atoms with van der Waals surface area (Å²) in [5, 5.41) is 0.878. The molecule has 114 valence electrons. The molecule has 0 amide bonds. The molecule has 0 aromatic heterocycles. The molecular weight excluding hydrogens is 319 g/mol. The van der Waals surface area contributed by atoms with Crippen LogP contribution in [0.15, 0.2) is 36.4 Å². The van der Waals surface area contributed by atoms with Crippen LogP contribution in [0.2, 0.25) is 10.0 Å². The van der Waals surface area contributed by atoms with E-state index in [1.807, 2.05) is 12.1 Å². The third-order valence-corrected chi connectivity index (χ3v) is 4.70. The lowest BCUT2D eigenvalue weighted by atomic mass is 10.0.